The van der Waals surface area contributed by atoms with Crippen molar-refractivity contribution in [2.24, 2.45) is 5.73 Å². The Labute approximate surface area is 91.5 Å². The Balaban J connectivity index is 2.73. The molecule has 3 nitrogen and oxygen atoms in total. The monoisotopic (exact) mass is 208 g/mol. The summed E-state index contributed by atoms with van der Waals surface area (Å²) in [5, 5.41) is 8.93. The van der Waals surface area contributed by atoms with E-state index >= 15 is 0 Å². The van der Waals surface area contributed by atoms with Crippen LogP contribution in [0.1, 0.15) is 18.0 Å². The smallest absolute Gasteiger partial charge is 0.0558 e. The fraction of sp³-hybridized carbons (Fsp3) is 0.500. The summed E-state index contributed by atoms with van der Waals surface area (Å²) in [6.45, 7) is 1.53. The molecule has 0 saturated heterocycles. The summed E-state index contributed by atoms with van der Waals surface area (Å²) in [5.41, 5.74) is 6.87. The highest BCUT2D eigenvalue weighted by molar-refractivity contribution is 5.18. The number of aliphatic hydroxyl groups excluding tert-OH is 1. The molecule has 1 aromatic carbocycles. The van der Waals surface area contributed by atoms with Crippen molar-refractivity contribution in [2.75, 3.05) is 26.7 Å². The maximum atomic E-state index is 8.93. The van der Waals surface area contributed by atoms with E-state index < -0.39 is 0 Å². The molecule has 3 N–H and O–H groups in total. The van der Waals surface area contributed by atoms with Crippen LogP contribution in [-0.4, -0.2) is 36.8 Å². The Kier molecular flexibility index (Phi) is 5.32. The third-order valence-corrected chi connectivity index (χ3v) is 2.61. The molecular formula is C12H20N2O. The molecule has 0 bridgehead atoms. The van der Waals surface area contributed by atoms with Crippen molar-refractivity contribution in [3.8, 4) is 0 Å². The van der Waals surface area contributed by atoms with E-state index in [2.05, 4.69) is 17.0 Å². The molecule has 15 heavy (non-hydrogen) atoms. The Morgan fingerprint density at radius 2 is 2.00 bits per heavy atom. The molecule has 0 aliphatic heterocycles. The van der Waals surface area contributed by atoms with Gasteiger partial charge in [-0.15, -0.1) is 0 Å². The maximum absolute atomic E-state index is 8.93. The van der Waals surface area contributed by atoms with Crippen LogP contribution in [0.4, 0.5) is 0 Å². The predicted molar refractivity (Wildman–Crippen MR) is 62.6 cm³/mol. The van der Waals surface area contributed by atoms with Gasteiger partial charge >= 0.3 is 0 Å². The number of aliphatic hydroxyl groups is 1. The van der Waals surface area contributed by atoms with Gasteiger partial charge in [-0.05, 0) is 25.6 Å². The summed E-state index contributed by atoms with van der Waals surface area (Å²) in [4.78, 5) is 2.14. The number of hydrogen-bond acceptors (Lipinski definition) is 3. The third kappa shape index (κ3) is 3.63. The number of nitrogens with two attached hydrogens (primary N) is 1. The van der Waals surface area contributed by atoms with Crippen LogP contribution < -0.4 is 5.73 Å². The van der Waals surface area contributed by atoms with Crippen LogP contribution in [0.3, 0.4) is 0 Å². The van der Waals surface area contributed by atoms with Gasteiger partial charge in [0.05, 0.1) is 6.61 Å². The van der Waals surface area contributed by atoms with E-state index in [-0.39, 0.29) is 6.61 Å². The van der Waals surface area contributed by atoms with Crippen molar-refractivity contribution in [3.05, 3.63) is 35.9 Å². The van der Waals surface area contributed by atoms with Crippen LogP contribution in [0.15, 0.2) is 30.3 Å². The van der Waals surface area contributed by atoms with Gasteiger partial charge in [0.2, 0.25) is 0 Å². The molecule has 0 aliphatic carbocycles. The van der Waals surface area contributed by atoms with E-state index in [0.29, 0.717) is 19.1 Å². The summed E-state index contributed by atoms with van der Waals surface area (Å²) in [6, 6.07) is 10.6. The second kappa shape index (κ2) is 6.56. The quantitative estimate of drug-likeness (QED) is 0.733. The number of benzene rings is 1. The minimum Gasteiger partial charge on any atom is -0.395 e. The topological polar surface area (TPSA) is 49.5 Å². The standard InChI is InChI=1S/C12H20N2O/c1-14(9-10-15)12(7-8-13)11-5-3-2-4-6-11/h2-6,12,15H,7-10,13H2,1H3. The highest BCUT2D eigenvalue weighted by Crippen LogP contribution is 2.21. The summed E-state index contributed by atoms with van der Waals surface area (Å²) >= 11 is 0. The predicted octanol–water partition coefficient (Wildman–Crippen LogP) is 1.00. The van der Waals surface area contributed by atoms with E-state index in [1.807, 2.05) is 25.2 Å². The van der Waals surface area contributed by atoms with Crippen molar-refractivity contribution in [1.29, 1.82) is 0 Å². The van der Waals surface area contributed by atoms with Gasteiger partial charge in [-0.3, -0.25) is 4.90 Å². The summed E-state index contributed by atoms with van der Waals surface area (Å²) in [7, 11) is 2.02. The molecule has 0 radical (unpaired) electrons. The first kappa shape index (κ1) is 12.2. The fourth-order valence-corrected chi connectivity index (χ4v) is 1.79. The Morgan fingerprint density at radius 1 is 1.33 bits per heavy atom. The zero-order chi connectivity index (χ0) is 11.1. The first-order chi connectivity index (χ1) is 7.29. The molecule has 84 valence electrons. The molecule has 1 rings (SSSR count). The number of nitrogens with zero attached hydrogens (tertiary/aromatic N) is 1. The van der Waals surface area contributed by atoms with Crippen LogP contribution >= 0.6 is 0 Å². The lowest BCUT2D eigenvalue weighted by Crippen LogP contribution is -2.29. The molecule has 0 spiro atoms. The van der Waals surface area contributed by atoms with Gasteiger partial charge in [-0.25, -0.2) is 0 Å². The molecular weight excluding hydrogens is 188 g/mol. The minimum atomic E-state index is 0.185. The zero-order valence-electron chi connectivity index (χ0n) is 9.26. The van der Waals surface area contributed by atoms with Crippen LogP contribution in [0, 0.1) is 0 Å². The molecule has 3 heteroatoms. The summed E-state index contributed by atoms with van der Waals surface area (Å²) in [6.07, 6.45) is 0.917. The van der Waals surface area contributed by atoms with Gasteiger partial charge in [0.15, 0.2) is 0 Å². The Morgan fingerprint density at radius 3 is 2.53 bits per heavy atom. The summed E-state index contributed by atoms with van der Waals surface area (Å²) in [5.74, 6) is 0. The van der Waals surface area contributed by atoms with E-state index in [0.717, 1.165) is 6.42 Å². The van der Waals surface area contributed by atoms with Crippen molar-refractivity contribution in [2.45, 2.75) is 12.5 Å². The van der Waals surface area contributed by atoms with E-state index in [1.165, 1.54) is 5.56 Å². The maximum Gasteiger partial charge on any atom is 0.0558 e. The minimum absolute atomic E-state index is 0.185. The fourth-order valence-electron chi connectivity index (χ4n) is 1.79. The van der Waals surface area contributed by atoms with Crippen molar-refractivity contribution >= 4 is 0 Å². The average molecular weight is 208 g/mol. The molecule has 1 atom stereocenters. The lowest BCUT2D eigenvalue weighted by atomic mass is 10.0. The van der Waals surface area contributed by atoms with Crippen molar-refractivity contribution < 1.29 is 5.11 Å². The highest BCUT2D eigenvalue weighted by Gasteiger charge is 2.14. The van der Waals surface area contributed by atoms with Crippen LogP contribution in [0.5, 0.6) is 0 Å². The largest absolute Gasteiger partial charge is 0.395 e. The van der Waals surface area contributed by atoms with Crippen LogP contribution in [0.25, 0.3) is 0 Å². The van der Waals surface area contributed by atoms with Gasteiger partial charge in [0.1, 0.15) is 0 Å². The van der Waals surface area contributed by atoms with Gasteiger partial charge in [-0.2, -0.15) is 0 Å². The number of rotatable bonds is 6. The van der Waals surface area contributed by atoms with E-state index in [9.17, 15) is 0 Å². The Hall–Kier alpha value is -0.900. The van der Waals surface area contributed by atoms with Crippen LogP contribution in [0.2, 0.25) is 0 Å². The first-order valence-corrected chi connectivity index (χ1v) is 5.35. The average Bonchev–Trinajstić information content (AvgIpc) is 2.27. The molecule has 0 fully saturated rings. The lowest BCUT2D eigenvalue weighted by Gasteiger charge is -2.27. The number of likely N-dealkylation sites (N-methyl/N-ethyl adjacent to an activating group) is 1. The molecule has 1 aromatic rings. The van der Waals surface area contributed by atoms with E-state index in [4.69, 9.17) is 10.8 Å². The molecule has 0 heterocycles. The zero-order valence-corrected chi connectivity index (χ0v) is 9.26. The molecule has 0 saturated carbocycles. The molecule has 1 unspecified atom stereocenters. The van der Waals surface area contributed by atoms with Crippen molar-refractivity contribution in [1.82, 2.24) is 4.90 Å². The van der Waals surface area contributed by atoms with Gasteiger partial charge in [0, 0.05) is 12.6 Å². The molecule has 0 aliphatic rings. The number of hydrogen-bond donors (Lipinski definition) is 2. The van der Waals surface area contributed by atoms with Crippen molar-refractivity contribution in [3.63, 3.8) is 0 Å². The normalized spacial score (nSPS) is 13.1. The van der Waals surface area contributed by atoms with Gasteiger partial charge < -0.3 is 10.8 Å². The summed E-state index contributed by atoms with van der Waals surface area (Å²) < 4.78 is 0. The third-order valence-electron chi connectivity index (χ3n) is 2.61. The second-order valence-corrected chi connectivity index (χ2v) is 3.71. The van der Waals surface area contributed by atoms with Gasteiger partial charge in [-0.1, -0.05) is 30.3 Å². The highest BCUT2D eigenvalue weighted by atomic mass is 16.3. The lowest BCUT2D eigenvalue weighted by molar-refractivity contribution is 0.175. The Bertz CT molecular complexity index is 264. The second-order valence-electron chi connectivity index (χ2n) is 3.71. The first-order valence-electron chi connectivity index (χ1n) is 5.35. The van der Waals surface area contributed by atoms with Gasteiger partial charge in [0.25, 0.3) is 0 Å². The van der Waals surface area contributed by atoms with Crippen LogP contribution in [-0.2, 0) is 0 Å². The van der Waals surface area contributed by atoms with E-state index in [1.54, 1.807) is 0 Å². The SMILES string of the molecule is CN(CCO)C(CCN)c1ccccc1. The molecule has 0 amide bonds. The molecule has 0 aromatic heterocycles.